The fourth-order valence-electron chi connectivity index (χ4n) is 4.46. The lowest BCUT2D eigenvalue weighted by Gasteiger charge is -2.24. The minimum atomic E-state index is -0.614. The van der Waals surface area contributed by atoms with Gasteiger partial charge in [-0.25, -0.2) is 19.7 Å². The zero-order valence-electron chi connectivity index (χ0n) is 23.1. The van der Waals surface area contributed by atoms with Crippen LogP contribution in [0.1, 0.15) is 55.7 Å². The maximum absolute atomic E-state index is 13.3. The fourth-order valence-corrected chi connectivity index (χ4v) is 4.46. The van der Waals surface area contributed by atoms with Crippen molar-refractivity contribution < 1.29 is 23.5 Å². The highest BCUT2D eigenvalue weighted by molar-refractivity contribution is 6.04. The molecular formula is C29H31N7O5. The summed E-state index contributed by atoms with van der Waals surface area (Å²) in [6, 6.07) is 10.9. The summed E-state index contributed by atoms with van der Waals surface area (Å²) in [5, 5.41) is 5.60. The van der Waals surface area contributed by atoms with Crippen molar-refractivity contribution in [1.82, 2.24) is 19.9 Å². The SMILES string of the molecule is CC(C)(C)OC(=O)Nc1ccc(-c2cccc(C(=O)Nc3cc4oc(N5CCOCC5)nc4nc3C3CC3)n2)cn1. The first-order chi connectivity index (χ1) is 19.7. The van der Waals surface area contributed by atoms with Crippen molar-refractivity contribution in [1.29, 1.82) is 0 Å². The molecule has 0 spiro atoms. The van der Waals surface area contributed by atoms with Gasteiger partial charge in [-0.1, -0.05) is 6.07 Å². The average molecular weight is 558 g/mol. The maximum atomic E-state index is 13.3. The zero-order chi connectivity index (χ0) is 28.6. The third kappa shape index (κ3) is 6.27. The second-order valence-electron chi connectivity index (χ2n) is 11.0. The van der Waals surface area contributed by atoms with Crippen LogP contribution in [0.5, 0.6) is 0 Å². The molecule has 0 unspecified atom stereocenters. The van der Waals surface area contributed by atoms with Gasteiger partial charge in [0.15, 0.2) is 5.58 Å². The van der Waals surface area contributed by atoms with E-state index < -0.39 is 11.7 Å². The molecule has 12 heteroatoms. The minimum Gasteiger partial charge on any atom is -0.444 e. The number of rotatable bonds is 6. The summed E-state index contributed by atoms with van der Waals surface area (Å²) in [6.07, 6.45) is 3.01. The first-order valence-electron chi connectivity index (χ1n) is 13.6. The third-order valence-corrected chi connectivity index (χ3v) is 6.56. The molecule has 6 rings (SSSR count). The number of aromatic nitrogens is 4. The monoisotopic (exact) mass is 557 g/mol. The first-order valence-corrected chi connectivity index (χ1v) is 13.6. The largest absolute Gasteiger partial charge is 0.444 e. The summed E-state index contributed by atoms with van der Waals surface area (Å²) < 4.78 is 16.7. The van der Waals surface area contributed by atoms with E-state index in [-0.39, 0.29) is 17.5 Å². The van der Waals surface area contributed by atoms with E-state index in [0.29, 0.717) is 66.3 Å². The van der Waals surface area contributed by atoms with E-state index in [9.17, 15) is 9.59 Å². The molecule has 41 heavy (non-hydrogen) atoms. The van der Waals surface area contributed by atoms with Gasteiger partial charge in [-0.2, -0.15) is 4.98 Å². The van der Waals surface area contributed by atoms with Gasteiger partial charge < -0.3 is 24.1 Å². The highest BCUT2D eigenvalue weighted by Crippen LogP contribution is 2.43. The summed E-state index contributed by atoms with van der Waals surface area (Å²) in [4.78, 5) is 45.6. The summed E-state index contributed by atoms with van der Waals surface area (Å²) in [5.74, 6) is 0.256. The summed E-state index contributed by atoms with van der Waals surface area (Å²) in [7, 11) is 0. The Kier molecular flexibility index (Phi) is 7.00. The van der Waals surface area contributed by atoms with Crippen molar-refractivity contribution in [3.63, 3.8) is 0 Å². The number of ether oxygens (including phenoxy) is 2. The van der Waals surface area contributed by atoms with E-state index >= 15 is 0 Å². The molecule has 5 heterocycles. The van der Waals surface area contributed by atoms with Gasteiger partial charge in [0, 0.05) is 36.8 Å². The number of hydrogen-bond donors (Lipinski definition) is 2. The average Bonchev–Trinajstić information content (AvgIpc) is 3.71. The van der Waals surface area contributed by atoms with Crippen LogP contribution in [0, 0.1) is 0 Å². The molecule has 4 aromatic heterocycles. The van der Waals surface area contributed by atoms with Gasteiger partial charge in [0.1, 0.15) is 17.1 Å². The summed E-state index contributed by atoms with van der Waals surface area (Å²) in [6.45, 7) is 8.01. The quantitative estimate of drug-likeness (QED) is 0.332. The molecule has 2 N–H and O–H groups in total. The molecule has 1 aliphatic heterocycles. The van der Waals surface area contributed by atoms with Crippen LogP contribution in [0.4, 0.5) is 22.3 Å². The van der Waals surface area contributed by atoms with E-state index in [1.165, 1.54) is 0 Å². The van der Waals surface area contributed by atoms with Crippen LogP contribution < -0.4 is 15.5 Å². The molecule has 1 aliphatic carbocycles. The van der Waals surface area contributed by atoms with E-state index in [1.807, 2.05) is 4.90 Å². The van der Waals surface area contributed by atoms with Gasteiger partial charge in [-0.05, 0) is 57.9 Å². The van der Waals surface area contributed by atoms with Crippen LogP contribution in [0.2, 0.25) is 0 Å². The Morgan fingerprint density at radius 2 is 1.83 bits per heavy atom. The number of nitrogens with one attached hydrogen (secondary N) is 2. The molecule has 12 nitrogen and oxygen atoms in total. The van der Waals surface area contributed by atoms with Gasteiger partial charge in [-0.15, -0.1) is 0 Å². The first kappa shape index (κ1) is 26.6. The van der Waals surface area contributed by atoms with Crippen molar-refractivity contribution in [2.75, 3.05) is 41.8 Å². The maximum Gasteiger partial charge on any atom is 0.413 e. The van der Waals surface area contributed by atoms with Crippen LogP contribution >= 0.6 is 0 Å². The van der Waals surface area contributed by atoms with Crippen molar-refractivity contribution >= 4 is 40.8 Å². The number of fused-ring (bicyclic) bond motifs is 1. The van der Waals surface area contributed by atoms with Crippen LogP contribution in [0.15, 0.2) is 47.0 Å². The number of carbonyl (C=O) groups is 2. The smallest absolute Gasteiger partial charge is 0.413 e. The van der Waals surface area contributed by atoms with Crippen molar-refractivity contribution in [3.8, 4) is 11.3 Å². The Labute approximate surface area is 236 Å². The molecule has 4 aromatic rings. The molecule has 1 saturated carbocycles. The summed E-state index contributed by atoms with van der Waals surface area (Å²) >= 11 is 0. The Morgan fingerprint density at radius 1 is 1.02 bits per heavy atom. The van der Waals surface area contributed by atoms with Gasteiger partial charge in [0.25, 0.3) is 11.9 Å². The fraction of sp³-hybridized carbons (Fsp3) is 0.379. The van der Waals surface area contributed by atoms with Gasteiger partial charge in [-0.3, -0.25) is 10.1 Å². The van der Waals surface area contributed by atoms with E-state index in [1.54, 1.807) is 63.4 Å². The van der Waals surface area contributed by atoms with Crippen molar-refractivity contribution in [2.24, 2.45) is 0 Å². The number of anilines is 3. The second-order valence-corrected chi connectivity index (χ2v) is 11.0. The van der Waals surface area contributed by atoms with Crippen molar-refractivity contribution in [2.45, 2.75) is 45.1 Å². The van der Waals surface area contributed by atoms with Gasteiger partial charge in [0.2, 0.25) is 5.65 Å². The molecule has 2 aliphatic rings. The van der Waals surface area contributed by atoms with Gasteiger partial charge in [0.05, 0.1) is 30.3 Å². The van der Waals surface area contributed by atoms with E-state index in [2.05, 4.69) is 25.6 Å². The Bertz CT molecular complexity index is 1590. The van der Waals surface area contributed by atoms with Crippen LogP contribution in [0.25, 0.3) is 22.5 Å². The van der Waals surface area contributed by atoms with Gasteiger partial charge >= 0.3 is 6.09 Å². The Hall–Kier alpha value is -4.58. The molecule has 0 atom stereocenters. The van der Waals surface area contributed by atoms with Crippen LogP contribution in [0.3, 0.4) is 0 Å². The number of amides is 2. The standard InChI is InChI=1S/C29H31N7O5/c1-29(2,3)41-28(38)33-23-10-9-18(16-30-23)19-5-4-6-20(31-19)26(37)32-21-15-22-25(34-24(21)17-7-8-17)35-27(40-22)36-11-13-39-14-12-36/h4-6,9-10,15-17H,7-8,11-14H2,1-3H3,(H,32,37)(H,30,33,38). The van der Waals surface area contributed by atoms with Crippen LogP contribution in [-0.4, -0.2) is 63.8 Å². The zero-order valence-corrected chi connectivity index (χ0v) is 23.1. The lowest BCUT2D eigenvalue weighted by Crippen LogP contribution is -2.36. The molecule has 1 saturated heterocycles. The molecule has 0 aromatic carbocycles. The molecule has 0 bridgehead atoms. The van der Waals surface area contributed by atoms with Crippen molar-refractivity contribution in [3.05, 3.63) is 54.0 Å². The molecule has 2 fully saturated rings. The normalized spacial score (nSPS) is 15.5. The number of morpholine rings is 1. The lowest BCUT2D eigenvalue weighted by molar-refractivity contribution is 0.0635. The molecule has 212 valence electrons. The topological polar surface area (TPSA) is 145 Å². The number of pyridine rings is 3. The Balaban J connectivity index is 1.19. The highest BCUT2D eigenvalue weighted by Gasteiger charge is 2.30. The number of oxazole rings is 1. The van der Waals surface area contributed by atoms with E-state index in [4.69, 9.17) is 18.9 Å². The predicted octanol–water partition coefficient (Wildman–Crippen LogP) is 4.99. The highest BCUT2D eigenvalue weighted by atomic mass is 16.6. The minimum absolute atomic E-state index is 0.242. The predicted molar refractivity (Wildman–Crippen MR) is 152 cm³/mol. The van der Waals surface area contributed by atoms with E-state index in [0.717, 1.165) is 18.5 Å². The molecular weight excluding hydrogens is 526 g/mol. The summed E-state index contributed by atoms with van der Waals surface area (Å²) in [5.41, 5.74) is 3.33. The van der Waals surface area contributed by atoms with Crippen LogP contribution in [-0.2, 0) is 9.47 Å². The number of carbonyl (C=O) groups excluding carboxylic acids is 2. The number of nitrogens with zero attached hydrogens (tertiary/aromatic N) is 5. The Morgan fingerprint density at radius 3 is 2.54 bits per heavy atom. The number of hydrogen-bond acceptors (Lipinski definition) is 10. The molecule has 0 radical (unpaired) electrons. The lowest BCUT2D eigenvalue weighted by atomic mass is 10.1. The molecule has 2 amide bonds. The third-order valence-electron chi connectivity index (χ3n) is 6.56. The second kappa shape index (κ2) is 10.8.